The predicted octanol–water partition coefficient (Wildman–Crippen LogP) is 2.68. The summed E-state index contributed by atoms with van der Waals surface area (Å²) in [4.78, 5) is 2.50. The van der Waals surface area contributed by atoms with Crippen LogP contribution in [-0.4, -0.2) is 24.5 Å². The van der Waals surface area contributed by atoms with Crippen LogP contribution >= 0.6 is 0 Å². The highest BCUT2D eigenvalue weighted by Gasteiger charge is 2.16. The molecular weight excluding hydrogens is 146 g/mol. The third-order valence-electron chi connectivity index (χ3n) is 2.79. The number of hydrogen-bond donors (Lipinski definition) is 0. The molecule has 12 heavy (non-hydrogen) atoms. The molecule has 0 aromatic carbocycles. The van der Waals surface area contributed by atoms with E-state index < -0.39 is 0 Å². The van der Waals surface area contributed by atoms with Crippen molar-refractivity contribution in [2.45, 2.75) is 32.6 Å². The average Bonchev–Trinajstić information content (AvgIpc) is 2.09. The molecule has 0 saturated carbocycles. The van der Waals surface area contributed by atoms with Crippen LogP contribution < -0.4 is 0 Å². The Kier molecular flexibility index (Phi) is 4.37. The van der Waals surface area contributed by atoms with Crippen LogP contribution in [0.3, 0.4) is 0 Å². The van der Waals surface area contributed by atoms with E-state index in [9.17, 15) is 0 Å². The summed E-state index contributed by atoms with van der Waals surface area (Å²) >= 11 is 0. The van der Waals surface area contributed by atoms with Crippen molar-refractivity contribution < 1.29 is 0 Å². The lowest BCUT2D eigenvalue weighted by Gasteiger charge is -2.30. The van der Waals surface area contributed by atoms with E-state index in [2.05, 4.69) is 18.4 Å². The molecule has 1 rings (SSSR count). The lowest BCUT2D eigenvalue weighted by Crippen LogP contribution is -2.33. The summed E-state index contributed by atoms with van der Waals surface area (Å²) in [6, 6.07) is 0. The highest BCUT2D eigenvalue weighted by atomic mass is 15.1. The van der Waals surface area contributed by atoms with Crippen LogP contribution in [0, 0.1) is 5.92 Å². The van der Waals surface area contributed by atoms with Crippen LogP contribution in [0.4, 0.5) is 0 Å². The fourth-order valence-electron chi connectivity index (χ4n) is 2.05. The fourth-order valence-corrected chi connectivity index (χ4v) is 2.05. The minimum Gasteiger partial charge on any atom is -0.300 e. The Morgan fingerprint density at radius 2 is 2.08 bits per heavy atom. The van der Waals surface area contributed by atoms with Gasteiger partial charge < -0.3 is 0 Å². The molecule has 70 valence electrons. The van der Waals surface area contributed by atoms with Gasteiger partial charge in [-0.2, -0.15) is 0 Å². The molecule has 0 radical (unpaired) electrons. The first-order valence-electron chi connectivity index (χ1n) is 5.20. The van der Waals surface area contributed by atoms with Gasteiger partial charge >= 0.3 is 0 Å². The van der Waals surface area contributed by atoms with Gasteiger partial charge in [0.2, 0.25) is 0 Å². The standard InChI is InChI=1S/C11H21N/c1-3-5-11-6-9-12(8-4-2)10-7-11/h4,11H,2-3,5-10H2,1H3. The monoisotopic (exact) mass is 167 g/mol. The lowest BCUT2D eigenvalue weighted by molar-refractivity contribution is 0.194. The van der Waals surface area contributed by atoms with Crippen LogP contribution in [0.5, 0.6) is 0 Å². The largest absolute Gasteiger partial charge is 0.300 e. The van der Waals surface area contributed by atoms with Gasteiger partial charge in [-0.1, -0.05) is 25.8 Å². The van der Waals surface area contributed by atoms with Gasteiger partial charge in [-0.25, -0.2) is 0 Å². The molecule has 0 spiro atoms. The zero-order valence-electron chi connectivity index (χ0n) is 8.26. The first kappa shape index (κ1) is 9.79. The second-order valence-corrected chi connectivity index (χ2v) is 3.82. The second-order valence-electron chi connectivity index (χ2n) is 3.82. The Balaban J connectivity index is 2.15. The van der Waals surface area contributed by atoms with E-state index >= 15 is 0 Å². The van der Waals surface area contributed by atoms with Gasteiger partial charge in [0, 0.05) is 6.54 Å². The van der Waals surface area contributed by atoms with Crippen molar-refractivity contribution in [2.75, 3.05) is 19.6 Å². The molecule has 1 saturated heterocycles. The minimum absolute atomic E-state index is 1.01. The van der Waals surface area contributed by atoms with Gasteiger partial charge in [-0.3, -0.25) is 4.90 Å². The zero-order valence-corrected chi connectivity index (χ0v) is 8.26. The molecular formula is C11H21N. The smallest absolute Gasteiger partial charge is 0.0160 e. The molecule has 0 aliphatic carbocycles. The van der Waals surface area contributed by atoms with Crippen molar-refractivity contribution in [3.8, 4) is 0 Å². The molecule has 0 bridgehead atoms. The van der Waals surface area contributed by atoms with Crippen molar-refractivity contribution in [1.82, 2.24) is 4.90 Å². The van der Waals surface area contributed by atoms with Gasteiger partial charge in [-0.05, 0) is 31.8 Å². The predicted molar refractivity (Wildman–Crippen MR) is 54.3 cm³/mol. The Hall–Kier alpha value is -0.300. The van der Waals surface area contributed by atoms with Crippen LogP contribution in [0.25, 0.3) is 0 Å². The zero-order chi connectivity index (χ0) is 8.81. The highest BCUT2D eigenvalue weighted by molar-refractivity contribution is 4.78. The molecule has 0 unspecified atom stereocenters. The Labute approximate surface area is 76.5 Å². The molecule has 0 N–H and O–H groups in total. The Morgan fingerprint density at radius 1 is 1.42 bits per heavy atom. The summed E-state index contributed by atoms with van der Waals surface area (Å²) in [5.41, 5.74) is 0. The Bertz CT molecular complexity index is 123. The summed E-state index contributed by atoms with van der Waals surface area (Å²) in [6.45, 7) is 9.72. The fraction of sp³-hybridized carbons (Fsp3) is 0.818. The van der Waals surface area contributed by atoms with Crippen LogP contribution in [0.15, 0.2) is 12.7 Å². The van der Waals surface area contributed by atoms with E-state index in [-0.39, 0.29) is 0 Å². The molecule has 0 aromatic rings. The van der Waals surface area contributed by atoms with E-state index in [1.165, 1.54) is 38.8 Å². The summed E-state index contributed by atoms with van der Waals surface area (Å²) in [5, 5.41) is 0. The molecule has 0 aromatic heterocycles. The SMILES string of the molecule is C=CCN1CCC(CCC)CC1. The maximum Gasteiger partial charge on any atom is 0.0160 e. The molecule has 1 nitrogen and oxygen atoms in total. The van der Waals surface area contributed by atoms with Crippen molar-refractivity contribution in [2.24, 2.45) is 5.92 Å². The third-order valence-corrected chi connectivity index (χ3v) is 2.79. The minimum atomic E-state index is 1.01. The van der Waals surface area contributed by atoms with Gasteiger partial charge in [0.1, 0.15) is 0 Å². The topological polar surface area (TPSA) is 3.24 Å². The lowest BCUT2D eigenvalue weighted by atomic mass is 9.92. The van der Waals surface area contributed by atoms with E-state index in [4.69, 9.17) is 0 Å². The van der Waals surface area contributed by atoms with E-state index in [0.717, 1.165) is 12.5 Å². The number of hydrogen-bond acceptors (Lipinski definition) is 1. The van der Waals surface area contributed by atoms with Gasteiger partial charge in [-0.15, -0.1) is 6.58 Å². The van der Waals surface area contributed by atoms with Crippen molar-refractivity contribution in [3.05, 3.63) is 12.7 Å². The third kappa shape index (κ3) is 2.98. The number of rotatable bonds is 4. The quantitative estimate of drug-likeness (QED) is 0.582. The van der Waals surface area contributed by atoms with Crippen molar-refractivity contribution in [1.29, 1.82) is 0 Å². The molecule has 0 amide bonds. The number of nitrogens with zero attached hydrogens (tertiary/aromatic N) is 1. The number of likely N-dealkylation sites (tertiary alicyclic amines) is 1. The molecule has 1 aliphatic rings. The van der Waals surface area contributed by atoms with Crippen molar-refractivity contribution >= 4 is 0 Å². The summed E-state index contributed by atoms with van der Waals surface area (Å²) in [5.74, 6) is 1.01. The van der Waals surface area contributed by atoms with E-state index in [1.54, 1.807) is 0 Å². The van der Waals surface area contributed by atoms with Crippen LogP contribution in [-0.2, 0) is 0 Å². The van der Waals surface area contributed by atoms with Crippen LogP contribution in [0.2, 0.25) is 0 Å². The van der Waals surface area contributed by atoms with E-state index in [1.807, 2.05) is 6.08 Å². The summed E-state index contributed by atoms with van der Waals surface area (Å²) in [7, 11) is 0. The molecule has 0 atom stereocenters. The molecule has 1 heterocycles. The Morgan fingerprint density at radius 3 is 2.58 bits per heavy atom. The number of piperidine rings is 1. The molecule has 1 aliphatic heterocycles. The van der Waals surface area contributed by atoms with Gasteiger partial charge in [0.05, 0.1) is 0 Å². The molecule has 1 heteroatoms. The molecule has 1 fully saturated rings. The highest BCUT2D eigenvalue weighted by Crippen LogP contribution is 2.21. The summed E-state index contributed by atoms with van der Waals surface area (Å²) in [6.07, 6.45) is 7.61. The second kappa shape index (κ2) is 5.36. The first-order valence-corrected chi connectivity index (χ1v) is 5.20. The average molecular weight is 167 g/mol. The van der Waals surface area contributed by atoms with Crippen LogP contribution in [0.1, 0.15) is 32.6 Å². The van der Waals surface area contributed by atoms with E-state index in [0.29, 0.717) is 0 Å². The normalized spacial score (nSPS) is 21.1. The first-order chi connectivity index (χ1) is 5.86. The van der Waals surface area contributed by atoms with Gasteiger partial charge in [0.15, 0.2) is 0 Å². The maximum absolute atomic E-state index is 3.77. The maximum atomic E-state index is 3.77. The summed E-state index contributed by atoms with van der Waals surface area (Å²) < 4.78 is 0. The van der Waals surface area contributed by atoms with Gasteiger partial charge in [0.25, 0.3) is 0 Å². The van der Waals surface area contributed by atoms with Crippen molar-refractivity contribution in [3.63, 3.8) is 0 Å².